The number of nitrogens with one attached hydrogen (secondary N) is 1. The maximum atomic E-state index is 12.2. The number of halogens is 2. The molecule has 3 rings (SSSR count). The molecule has 0 saturated heterocycles. The average molecular weight is 463 g/mol. The third-order valence-electron chi connectivity index (χ3n) is 4.84. The summed E-state index contributed by atoms with van der Waals surface area (Å²) in [6.45, 7) is 4.80. The highest BCUT2D eigenvalue weighted by molar-refractivity contribution is 7.14. The van der Waals surface area contributed by atoms with E-state index in [-0.39, 0.29) is 5.91 Å². The number of hydrogen-bond acceptors (Lipinski definition) is 4. The Hall–Kier alpha value is -2.08. The molecule has 1 aromatic heterocycles. The van der Waals surface area contributed by atoms with Gasteiger partial charge in [-0.1, -0.05) is 61.3 Å². The molecule has 4 nitrogen and oxygen atoms in total. The fourth-order valence-electron chi connectivity index (χ4n) is 2.87. The van der Waals surface area contributed by atoms with E-state index in [2.05, 4.69) is 48.4 Å². The second-order valence-electron chi connectivity index (χ2n) is 7.04. The van der Waals surface area contributed by atoms with E-state index in [9.17, 15) is 4.79 Å². The van der Waals surface area contributed by atoms with E-state index in [0.717, 1.165) is 17.7 Å². The van der Waals surface area contributed by atoms with Gasteiger partial charge in [-0.3, -0.25) is 4.79 Å². The van der Waals surface area contributed by atoms with Gasteiger partial charge in [-0.05, 0) is 42.5 Å². The van der Waals surface area contributed by atoms with E-state index in [1.165, 1.54) is 16.9 Å². The van der Waals surface area contributed by atoms with Gasteiger partial charge in [-0.25, -0.2) is 4.98 Å². The van der Waals surface area contributed by atoms with Crippen molar-refractivity contribution in [2.24, 2.45) is 0 Å². The zero-order valence-electron chi connectivity index (χ0n) is 17.0. The molecule has 1 amide bonds. The molecule has 1 heterocycles. The zero-order valence-corrected chi connectivity index (χ0v) is 19.3. The zero-order chi connectivity index (χ0) is 21.5. The maximum Gasteiger partial charge on any atom is 0.226 e. The fourth-order valence-corrected chi connectivity index (χ4v) is 4.07. The number of ether oxygens (including phenoxy) is 1. The Kier molecular flexibility index (Phi) is 8.14. The minimum atomic E-state index is -0.0891. The number of carbonyl (C=O) groups is 1. The first-order chi connectivity index (χ1) is 14.5. The SMILES string of the molecule is CCC(C)c1ccc(-c2csc(NC(=O)CCCOc3ccc(Cl)cc3Cl)n2)cc1. The number of hydrogen-bond donors (Lipinski definition) is 1. The van der Waals surface area contributed by atoms with Gasteiger partial charge in [0, 0.05) is 22.4 Å². The number of amides is 1. The van der Waals surface area contributed by atoms with Gasteiger partial charge in [0.2, 0.25) is 5.91 Å². The van der Waals surface area contributed by atoms with Gasteiger partial charge >= 0.3 is 0 Å². The number of rotatable bonds is 9. The smallest absolute Gasteiger partial charge is 0.226 e. The molecule has 7 heteroatoms. The van der Waals surface area contributed by atoms with Crippen LogP contribution in [0.1, 0.15) is 44.6 Å². The number of thiazole rings is 1. The third kappa shape index (κ3) is 6.21. The van der Waals surface area contributed by atoms with Crippen molar-refractivity contribution >= 4 is 45.6 Å². The number of nitrogens with zero attached hydrogens (tertiary/aromatic N) is 1. The normalized spacial score (nSPS) is 11.9. The van der Waals surface area contributed by atoms with Gasteiger partial charge in [0.1, 0.15) is 5.75 Å². The fraction of sp³-hybridized carbons (Fsp3) is 0.304. The van der Waals surface area contributed by atoms with Crippen LogP contribution in [0.3, 0.4) is 0 Å². The first kappa shape index (κ1) is 22.6. The molecule has 0 aliphatic rings. The summed E-state index contributed by atoms with van der Waals surface area (Å²) in [7, 11) is 0. The molecule has 0 fully saturated rings. The summed E-state index contributed by atoms with van der Waals surface area (Å²) in [6.07, 6.45) is 2.02. The molecule has 0 spiro atoms. The highest BCUT2D eigenvalue weighted by Crippen LogP contribution is 2.28. The second kappa shape index (κ2) is 10.8. The minimum Gasteiger partial charge on any atom is -0.492 e. The van der Waals surface area contributed by atoms with Gasteiger partial charge in [0.15, 0.2) is 5.13 Å². The highest BCUT2D eigenvalue weighted by atomic mass is 35.5. The quantitative estimate of drug-likeness (QED) is 0.336. The predicted octanol–water partition coefficient (Wildman–Crippen LogP) is 7.43. The summed E-state index contributed by atoms with van der Waals surface area (Å²) in [6, 6.07) is 13.5. The molecule has 1 atom stereocenters. The Labute approximate surface area is 191 Å². The molecule has 0 aliphatic heterocycles. The molecule has 0 radical (unpaired) electrons. The topological polar surface area (TPSA) is 51.2 Å². The lowest BCUT2D eigenvalue weighted by Crippen LogP contribution is -2.12. The first-order valence-electron chi connectivity index (χ1n) is 9.89. The first-order valence-corrected chi connectivity index (χ1v) is 11.5. The molecule has 158 valence electrons. The predicted molar refractivity (Wildman–Crippen MR) is 126 cm³/mol. The van der Waals surface area contributed by atoms with Gasteiger partial charge < -0.3 is 10.1 Å². The van der Waals surface area contributed by atoms with Crippen LogP contribution in [-0.2, 0) is 4.79 Å². The molecule has 0 aliphatic carbocycles. The van der Waals surface area contributed by atoms with Crippen molar-refractivity contribution in [2.75, 3.05) is 11.9 Å². The summed E-state index contributed by atoms with van der Waals surface area (Å²) in [5.41, 5.74) is 3.24. The van der Waals surface area contributed by atoms with E-state index in [0.29, 0.717) is 46.3 Å². The van der Waals surface area contributed by atoms with Crippen LogP contribution < -0.4 is 10.1 Å². The largest absolute Gasteiger partial charge is 0.492 e. The lowest BCUT2D eigenvalue weighted by Gasteiger charge is -2.09. The molecular weight excluding hydrogens is 439 g/mol. The molecule has 0 bridgehead atoms. The average Bonchev–Trinajstić information content (AvgIpc) is 3.20. The van der Waals surface area contributed by atoms with E-state index < -0.39 is 0 Å². The maximum absolute atomic E-state index is 12.2. The summed E-state index contributed by atoms with van der Waals surface area (Å²) in [5.74, 6) is 1.02. The van der Waals surface area contributed by atoms with E-state index in [1.54, 1.807) is 18.2 Å². The van der Waals surface area contributed by atoms with Crippen LogP contribution in [0, 0.1) is 0 Å². The number of anilines is 1. The summed E-state index contributed by atoms with van der Waals surface area (Å²) >= 11 is 13.4. The third-order valence-corrected chi connectivity index (χ3v) is 6.13. The Morgan fingerprint density at radius 3 is 2.67 bits per heavy atom. The number of aromatic nitrogens is 1. The summed E-state index contributed by atoms with van der Waals surface area (Å²) < 4.78 is 5.61. The van der Waals surface area contributed by atoms with E-state index >= 15 is 0 Å². The molecule has 3 aromatic rings. The lowest BCUT2D eigenvalue weighted by atomic mass is 9.97. The minimum absolute atomic E-state index is 0.0891. The molecule has 1 N–H and O–H groups in total. The van der Waals surface area contributed by atoms with Crippen LogP contribution in [0.5, 0.6) is 5.75 Å². The standard InChI is InChI=1S/C23H24Cl2N2O2S/c1-3-15(2)16-6-8-17(9-7-16)20-14-30-23(26-20)27-22(28)5-4-12-29-21-11-10-18(24)13-19(21)25/h6-11,13-15H,3-5,12H2,1-2H3,(H,26,27,28). The molecular formula is C23H24Cl2N2O2S. The Bertz CT molecular complexity index is 989. The molecule has 2 aromatic carbocycles. The summed E-state index contributed by atoms with van der Waals surface area (Å²) in [4.78, 5) is 16.7. The van der Waals surface area contributed by atoms with E-state index in [1.807, 2.05) is 5.38 Å². The number of carbonyl (C=O) groups excluding carboxylic acids is 1. The van der Waals surface area contributed by atoms with Gasteiger partial charge in [0.25, 0.3) is 0 Å². The van der Waals surface area contributed by atoms with Crippen LogP contribution >= 0.6 is 34.5 Å². The van der Waals surface area contributed by atoms with E-state index in [4.69, 9.17) is 27.9 Å². The van der Waals surface area contributed by atoms with Crippen LogP contribution in [-0.4, -0.2) is 17.5 Å². The van der Waals surface area contributed by atoms with Crippen molar-refractivity contribution < 1.29 is 9.53 Å². The Morgan fingerprint density at radius 1 is 1.20 bits per heavy atom. The Morgan fingerprint density at radius 2 is 1.97 bits per heavy atom. The van der Waals surface area contributed by atoms with Crippen molar-refractivity contribution in [3.63, 3.8) is 0 Å². The van der Waals surface area contributed by atoms with Crippen molar-refractivity contribution in [3.05, 3.63) is 63.5 Å². The molecule has 1 unspecified atom stereocenters. The van der Waals surface area contributed by atoms with Crippen LogP contribution in [0.2, 0.25) is 10.0 Å². The van der Waals surface area contributed by atoms with Crippen molar-refractivity contribution in [2.45, 2.75) is 39.0 Å². The van der Waals surface area contributed by atoms with Gasteiger partial charge in [0.05, 0.1) is 17.3 Å². The monoisotopic (exact) mass is 462 g/mol. The van der Waals surface area contributed by atoms with Crippen LogP contribution in [0.25, 0.3) is 11.3 Å². The number of benzene rings is 2. The second-order valence-corrected chi connectivity index (χ2v) is 8.75. The van der Waals surface area contributed by atoms with Crippen LogP contribution in [0.4, 0.5) is 5.13 Å². The molecule has 30 heavy (non-hydrogen) atoms. The highest BCUT2D eigenvalue weighted by Gasteiger charge is 2.10. The summed E-state index contributed by atoms with van der Waals surface area (Å²) in [5, 5.41) is 6.43. The van der Waals surface area contributed by atoms with Crippen molar-refractivity contribution in [3.8, 4) is 17.0 Å². The van der Waals surface area contributed by atoms with Gasteiger partial charge in [-0.2, -0.15) is 0 Å². The lowest BCUT2D eigenvalue weighted by molar-refractivity contribution is -0.116. The Balaban J connectivity index is 1.46. The van der Waals surface area contributed by atoms with Crippen molar-refractivity contribution in [1.82, 2.24) is 4.98 Å². The van der Waals surface area contributed by atoms with Crippen LogP contribution in [0.15, 0.2) is 47.8 Å². The van der Waals surface area contributed by atoms with Gasteiger partial charge in [-0.15, -0.1) is 11.3 Å². The molecule has 0 saturated carbocycles. The van der Waals surface area contributed by atoms with Crippen molar-refractivity contribution in [1.29, 1.82) is 0 Å².